The summed E-state index contributed by atoms with van der Waals surface area (Å²) in [5.74, 6) is 0. The molecule has 3 N–H and O–H groups in total. The van der Waals surface area contributed by atoms with Crippen LogP contribution < -0.4 is 16.0 Å². The second kappa shape index (κ2) is 9.30. The topological polar surface area (TPSA) is 36.1 Å². The Morgan fingerprint density at radius 1 is 0.846 bits per heavy atom. The average molecular weight is 223 g/mol. The van der Waals surface area contributed by atoms with Gasteiger partial charge in [-0.15, -0.1) is 0 Å². The zero-order valence-corrected chi connectivity index (χ0v) is 11.0. The molecular formula is C8H23N3P2. The molecule has 0 heterocycles. The zero-order valence-electron chi connectivity index (χ0n) is 9.22. The first kappa shape index (κ1) is 13.7. The maximum Gasteiger partial charge on any atom is 0.0182 e. The van der Waals surface area contributed by atoms with E-state index in [9.17, 15) is 0 Å². The predicted molar refractivity (Wildman–Crippen MR) is 66.4 cm³/mol. The molecule has 0 saturated heterocycles. The van der Waals surface area contributed by atoms with E-state index in [2.05, 4.69) is 29.3 Å². The quantitative estimate of drug-likeness (QED) is 0.539. The van der Waals surface area contributed by atoms with Crippen LogP contribution in [0.3, 0.4) is 0 Å². The Morgan fingerprint density at radius 2 is 1.38 bits per heavy atom. The van der Waals surface area contributed by atoms with Crippen LogP contribution >= 0.6 is 15.8 Å². The molecule has 0 aliphatic heterocycles. The van der Waals surface area contributed by atoms with Gasteiger partial charge in [0.25, 0.3) is 0 Å². The van der Waals surface area contributed by atoms with Crippen molar-refractivity contribution in [2.24, 2.45) is 0 Å². The van der Waals surface area contributed by atoms with Crippen LogP contribution in [0.1, 0.15) is 0 Å². The molecule has 0 atom stereocenters. The van der Waals surface area contributed by atoms with Crippen molar-refractivity contribution in [3.8, 4) is 0 Å². The molecule has 80 valence electrons. The van der Waals surface area contributed by atoms with Gasteiger partial charge in [0, 0.05) is 25.1 Å². The second-order valence-corrected chi connectivity index (χ2v) is 8.11. The number of nitrogens with one attached hydrogen (secondary N) is 3. The van der Waals surface area contributed by atoms with Gasteiger partial charge < -0.3 is 16.0 Å². The second-order valence-electron chi connectivity index (χ2n) is 3.34. The van der Waals surface area contributed by atoms with Crippen molar-refractivity contribution in [3.63, 3.8) is 0 Å². The van der Waals surface area contributed by atoms with Gasteiger partial charge in [0.15, 0.2) is 0 Å². The number of hydrogen-bond donors (Lipinski definition) is 3. The van der Waals surface area contributed by atoms with Crippen molar-refractivity contribution in [1.82, 2.24) is 16.0 Å². The number of rotatable bonds is 8. The molecule has 5 heteroatoms. The molecule has 0 amide bonds. The van der Waals surface area contributed by atoms with E-state index >= 15 is 0 Å². The molecule has 3 nitrogen and oxygen atoms in total. The summed E-state index contributed by atoms with van der Waals surface area (Å²) < 4.78 is 0. The highest BCUT2D eigenvalue weighted by Crippen LogP contribution is 2.31. The molecule has 0 aromatic carbocycles. The Balaban J connectivity index is 3.44. The Morgan fingerprint density at radius 3 is 1.77 bits per heavy atom. The monoisotopic (exact) mass is 223 g/mol. The van der Waals surface area contributed by atoms with E-state index in [0.29, 0.717) is 0 Å². The fraction of sp³-hybridized carbons (Fsp3) is 1.00. The normalized spacial score (nSPS) is 11.5. The molecule has 0 saturated carbocycles. The van der Waals surface area contributed by atoms with Crippen LogP contribution in [0.5, 0.6) is 0 Å². The van der Waals surface area contributed by atoms with Crippen LogP contribution in [0.15, 0.2) is 0 Å². The minimum atomic E-state index is 0.0855. The lowest BCUT2D eigenvalue weighted by atomic mass is 11.2. The van der Waals surface area contributed by atoms with E-state index in [4.69, 9.17) is 0 Å². The zero-order chi connectivity index (χ0) is 10.1. The smallest absolute Gasteiger partial charge is 0.0182 e. The number of hydrogen-bond acceptors (Lipinski definition) is 3. The SMILES string of the molecule is CNCP(CNC)CNCP(C)C. The first-order valence-corrected chi connectivity index (χ1v) is 8.89. The Bertz CT molecular complexity index is 106. The van der Waals surface area contributed by atoms with Crippen LogP contribution in [-0.4, -0.2) is 52.6 Å². The summed E-state index contributed by atoms with van der Waals surface area (Å²) in [7, 11) is 4.34. The van der Waals surface area contributed by atoms with Gasteiger partial charge in [0.05, 0.1) is 0 Å². The fourth-order valence-corrected chi connectivity index (χ4v) is 3.44. The van der Waals surface area contributed by atoms with E-state index in [1.54, 1.807) is 0 Å². The largest absolute Gasteiger partial charge is 0.316 e. The van der Waals surface area contributed by atoms with Crippen molar-refractivity contribution in [2.45, 2.75) is 0 Å². The molecule has 0 aliphatic rings. The third-order valence-electron chi connectivity index (χ3n) is 1.53. The molecule has 0 unspecified atom stereocenters. The summed E-state index contributed by atoms with van der Waals surface area (Å²) >= 11 is 0. The minimum Gasteiger partial charge on any atom is -0.316 e. The predicted octanol–water partition coefficient (Wildman–Crippen LogP) is 1.07. The summed E-state index contributed by atoms with van der Waals surface area (Å²) in [5, 5.41) is 10.0. The van der Waals surface area contributed by atoms with Gasteiger partial charge in [0.1, 0.15) is 0 Å². The van der Waals surface area contributed by atoms with Gasteiger partial charge in [0.2, 0.25) is 0 Å². The van der Waals surface area contributed by atoms with Crippen molar-refractivity contribution in [2.75, 3.05) is 52.6 Å². The standard InChI is InChI=1S/C8H23N3P2/c1-9-5-13(6-10-2)8-11-7-12(3)4/h9-11H,5-8H2,1-4H3. The molecule has 0 fully saturated rings. The van der Waals surface area contributed by atoms with Crippen LogP contribution in [-0.2, 0) is 0 Å². The molecule has 0 bridgehead atoms. The summed E-state index contributed by atoms with van der Waals surface area (Å²) in [6.45, 7) is 4.61. The summed E-state index contributed by atoms with van der Waals surface area (Å²) in [4.78, 5) is 0. The van der Waals surface area contributed by atoms with Gasteiger partial charge in [-0.1, -0.05) is 15.8 Å². The van der Waals surface area contributed by atoms with Gasteiger partial charge in [-0.2, -0.15) is 0 Å². The maximum absolute atomic E-state index is 3.53. The van der Waals surface area contributed by atoms with Crippen LogP contribution in [0.2, 0.25) is 0 Å². The van der Waals surface area contributed by atoms with Crippen molar-refractivity contribution >= 4 is 15.8 Å². The first-order valence-electron chi connectivity index (χ1n) is 4.57. The molecule has 0 aromatic heterocycles. The minimum absolute atomic E-state index is 0.0855. The molecule has 0 aromatic rings. The molecule has 0 aliphatic carbocycles. The van der Waals surface area contributed by atoms with E-state index in [1.807, 2.05) is 14.1 Å². The highest BCUT2D eigenvalue weighted by Gasteiger charge is 2.04. The Kier molecular flexibility index (Phi) is 9.83. The first-order chi connectivity index (χ1) is 6.20. The molecule has 13 heavy (non-hydrogen) atoms. The third kappa shape index (κ3) is 9.05. The lowest BCUT2D eigenvalue weighted by Crippen LogP contribution is -2.22. The highest BCUT2D eigenvalue weighted by atomic mass is 31.1. The summed E-state index contributed by atoms with van der Waals surface area (Å²) in [6, 6.07) is 0. The molecule has 0 rings (SSSR count). The van der Waals surface area contributed by atoms with Gasteiger partial charge in [-0.3, -0.25) is 0 Å². The molecule has 0 radical (unpaired) electrons. The van der Waals surface area contributed by atoms with Crippen molar-refractivity contribution in [3.05, 3.63) is 0 Å². The van der Waals surface area contributed by atoms with Crippen LogP contribution in [0, 0.1) is 0 Å². The fourth-order valence-electron chi connectivity index (χ4n) is 1.05. The van der Waals surface area contributed by atoms with Gasteiger partial charge >= 0.3 is 0 Å². The third-order valence-corrected chi connectivity index (χ3v) is 4.58. The van der Waals surface area contributed by atoms with E-state index in [0.717, 1.165) is 12.6 Å². The van der Waals surface area contributed by atoms with Gasteiger partial charge in [-0.05, 0) is 27.4 Å². The molecular weight excluding hydrogens is 200 g/mol. The highest BCUT2D eigenvalue weighted by molar-refractivity contribution is 7.57. The lowest BCUT2D eigenvalue weighted by Gasteiger charge is -2.18. The van der Waals surface area contributed by atoms with Gasteiger partial charge in [-0.25, -0.2) is 0 Å². The molecule has 0 spiro atoms. The van der Waals surface area contributed by atoms with E-state index in [-0.39, 0.29) is 15.8 Å². The Hall–Kier alpha value is 0.740. The van der Waals surface area contributed by atoms with Crippen molar-refractivity contribution < 1.29 is 0 Å². The van der Waals surface area contributed by atoms with Crippen LogP contribution in [0.25, 0.3) is 0 Å². The summed E-state index contributed by atoms with van der Waals surface area (Å²) in [6.07, 6.45) is 4.67. The maximum atomic E-state index is 3.53. The van der Waals surface area contributed by atoms with Crippen molar-refractivity contribution in [1.29, 1.82) is 0 Å². The Labute approximate surface area is 84.9 Å². The van der Waals surface area contributed by atoms with E-state index < -0.39 is 0 Å². The lowest BCUT2D eigenvalue weighted by molar-refractivity contribution is 0.884. The van der Waals surface area contributed by atoms with Crippen LogP contribution in [0.4, 0.5) is 0 Å². The van der Waals surface area contributed by atoms with E-state index in [1.165, 1.54) is 12.6 Å². The average Bonchev–Trinajstić information content (AvgIpc) is 2.04. The summed E-state index contributed by atoms with van der Waals surface area (Å²) in [5.41, 5.74) is 0.